The number of rotatable bonds is 2. The summed E-state index contributed by atoms with van der Waals surface area (Å²) in [6.07, 6.45) is 0. The van der Waals surface area contributed by atoms with Crippen LogP contribution in [0, 0.1) is 17.1 Å². The molecule has 0 fully saturated rings. The zero-order valence-corrected chi connectivity index (χ0v) is 9.51. The van der Waals surface area contributed by atoms with Crippen molar-refractivity contribution in [1.82, 2.24) is 9.97 Å². The van der Waals surface area contributed by atoms with Gasteiger partial charge in [0.1, 0.15) is 17.7 Å². The molecule has 1 aromatic carbocycles. The third-order valence-corrected chi connectivity index (χ3v) is 2.29. The number of hydrogen-bond donors (Lipinski definition) is 1. The predicted octanol–water partition coefficient (Wildman–Crippen LogP) is 1.75. The van der Waals surface area contributed by atoms with Crippen molar-refractivity contribution in [2.75, 3.05) is 12.8 Å². The fourth-order valence-corrected chi connectivity index (χ4v) is 1.45. The highest BCUT2D eigenvalue weighted by Crippen LogP contribution is 2.22. The first-order chi connectivity index (χ1) is 8.63. The van der Waals surface area contributed by atoms with Crippen molar-refractivity contribution in [3.63, 3.8) is 0 Å². The number of anilines is 1. The summed E-state index contributed by atoms with van der Waals surface area (Å²) in [4.78, 5) is 7.89. The summed E-state index contributed by atoms with van der Waals surface area (Å²) >= 11 is 0. The molecule has 0 aliphatic carbocycles. The summed E-state index contributed by atoms with van der Waals surface area (Å²) in [6, 6.07) is 7.55. The van der Waals surface area contributed by atoms with Crippen LogP contribution in [0.1, 0.15) is 5.56 Å². The molecule has 0 atom stereocenters. The van der Waals surface area contributed by atoms with Crippen molar-refractivity contribution in [3.8, 4) is 23.3 Å². The topological polar surface area (TPSA) is 84.8 Å². The first-order valence-electron chi connectivity index (χ1n) is 5.02. The molecule has 0 bridgehead atoms. The van der Waals surface area contributed by atoms with E-state index >= 15 is 0 Å². The molecule has 1 aromatic heterocycles. The average Bonchev–Trinajstić information content (AvgIpc) is 2.37. The zero-order valence-electron chi connectivity index (χ0n) is 9.51. The maximum Gasteiger partial charge on any atom is 0.318 e. The highest BCUT2D eigenvalue weighted by molar-refractivity contribution is 5.63. The Hall–Kier alpha value is -2.68. The Morgan fingerprint density at radius 3 is 2.72 bits per heavy atom. The van der Waals surface area contributed by atoms with Gasteiger partial charge in [0.05, 0.1) is 18.4 Å². The van der Waals surface area contributed by atoms with Crippen LogP contribution in [0.25, 0.3) is 11.3 Å². The number of halogens is 1. The van der Waals surface area contributed by atoms with Crippen LogP contribution < -0.4 is 10.5 Å². The second-order valence-corrected chi connectivity index (χ2v) is 3.47. The molecule has 0 saturated heterocycles. The minimum Gasteiger partial charge on any atom is -0.467 e. The number of aromatic nitrogens is 2. The lowest BCUT2D eigenvalue weighted by Crippen LogP contribution is -1.99. The number of nitriles is 1. The Kier molecular flexibility index (Phi) is 3.06. The van der Waals surface area contributed by atoms with Gasteiger partial charge in [-0.1, -0.05) is 6.07 Å². The quantitative estimate of drug-likeness (QED) is 0.869. The van der Waals surface area contributed by atoms with Crippen LogP contribution in [-0.2, 0) is 0 Å². The molecule has 0 aliphatic rings. The summed E-state index contributed by atoms with van der Waals surface area (Å²) in [7, 11) is 1.41. The lowest BCUT2D eigenvalue weighted by molar-refractivity contribution is 0.381. The van der Waals surface area contributed by atoms with Gasteiger partial charge in [-0.3, -0.25) is 0 Å². The minimum absolute atomic E-state index is 0.0206. The van der Waals surface area contributed by atoms with Gasteiger partial charge in [-0.05, 0) is 12.1 Å². The number of benzene rings is 1. The maximum atomic E-state index is 13.5. The van der Waals surface area contributed by atoms with Crippen LogP contribution >= 0.6 is 0 Å². The molecular formula is C12H9FN4O. The number of ether oxygens (including phenoxy) is 1. The number of nitrogen functional groups attached to an aromatic ring is 1. The van der Waals surface area contributed by atoms with Crippen LogP contribution in [0.3, 0.4) is 0 Å². The molecule has 2 N–H and O–H groups in total. The van der Waals surface area contributed by atoms with Gasteiger partial charge >= 0.3 is 6.01 Å². The first kappa shape index (κ1) is 11.8. The van der Waals surface area contributed by atoms with Gasteiger partial charge in [0.2, 0.25) is 0 Å². The van der Waals surface area contributed by atoms with Gasteiger partial charge in [0.25, 0.3) is 0 Å². The SMILES string of the molecule is COc1nc(N)cc(-c2ccc(C#N)c(F)c2)n1. The summed E-state index contributed by atoms with van der Waals surface area (Å²) in [5.74, 6) is -0.382. The number of nitrogens with two attached hydrogens (primary N) is 1. The number of nitrogens with zero attached hydrogens (tertiary/aromatic N) is 3. The average molecular weight is 244 g/mol. The summed E-state index contributed by atoms with van der Waals surface area (Å²) < 4.78 is 18.4. The molecule has 2 aromatic rings. The van der Waals surface area contributed by atoms with E-state index in [9.17, 15) is 4.39 Å². The third-order valence-electron chi connectivity index (χ3n) is 2.29. The second kappa shape index (κ2) is 4.67. The van der Waals surface area contributed by atoms with Crippen LogP contribution in [0.15, 0.2) is 24.3 Å². The van der Waals surface area contributed by atoms with Crippen LogP contribution in [0.5, 0.6) is 6.01 Å². The van der Waals surface area contributed by atoms with E-state index in [4.69, 9.17) is 15.7 Å². The number of methoxy groups -OCH3 is 1. The fourth-order valence-electron chi connectivity index (χ4n) is 1.45. The molecule has 18 heavy (non-hydrogen) atoms. The van der Waals surface area contributed by atoms with E-state index in [1.54, 1.807) is 12.1 Å². The molecule has 6 heteroatoms. The van der Waals surface area contributed by atoms with E-state index in [-0.39, 0.29) is 17.4 Å². The first-order valence-corrected chi connectivity index (χ1v) is 5.02. The van der Waals surface area contributed by atoms with E-state index in [0.29, 0.717) is 11.3 Å². The van der Waals surface area contributed by atoms with Crippen molar-refractivity contribution in [1.29, 1.82) is 5.26 Å². The molecule has 0 radical (unpaired) electrons. The fraction of sp³-hybridized carbons (Fsp3) is 0.0833. The highest BCUT2D eigenvalue weighted by atomic mass is 19.1. The van der Waals surface area contributed by atoms with Crippen LogP contribution in [-0.4, -0.2) is 17.1 Å². The molecule has 0 saturated carbocycles. The third kappa shape index (κ3) is 2.20. The maximum absolute atomic E-state index is 13.5. The van der Waals surface area contributed by atoms with E-state index in [0.717, 1.165) is 0 Å². The smallest absolute Gasteiger partial charge is 0.318 e. The van der Waals surface area contributed by atoms with Crippen molar-refractivity contribution in [2.45, 2.75) is 0 Å². The van der Waals surface area contributed by atoms with Gasteiger partial charge in [-0.2, -0.15) is 15.2 Å². The second-order valence-electron chi connectivity index (χ2n) is 3.47. The van der Waals surface area contributed by atoms with E-state index in [2.05, 4.69) is 9.97 Å². The molecule has 0 aliphatic heterocycles. The van der Waals surface area contributed by atoms with Crippen molar-refractivity contribution in [2.24, 2.45) is 0 Å². The van der Waals surface area contributed by atoms with E-state index < -0.39 is 5.82 Å². The van der Waals surface area contributed by atoms with E-state index in [1.807, 2.05) is 0 Å². The Bertz CT molecular complexity index is 636. The Balaban J connectivity index is 2.52. The predicted molar refractivity (Wildman–Crippen MR) is 63.1 cm³/mol. The van der Waals surface area contributed by atoms with Gasteiger partial charge in [-0.15, -0.1) is 0 Å². The standard InChI is InChI=1S/C12H9FN4O/c1-18-12-16-10(5-11(15)17-12)7-2-3-8(6-14)9(13)4-7/h2-5H,1H3,(H2,15,16,17). The van der Waals surface area contributed by atoms with Gasteiger partial charge in [0, 0.05) is 11.6 Å². The Morgan fingerprint density at radius 2 is 2.11 bits per heavy atom. The van der Waals surface area contributed by atoms with Crippen molar-refractivity contribution >= 4 is 5.82 Å². The summed E-state index contributed by atoms with van der Waals surface area (Å²) in [5.41, 5.74) is 6.50. The van der Waals surface area contributed by atoms with Gasteiger partial charge in [-0.25, -0.2) is 4.39 Å². The normalized spacial score (nSPS) is 9.83. The highest BCUT2D eigenvalue weighted by Gasteiger charge is 2.08. The Morgan fingerprint density at radius 1 is 1.33 bits per heavy atom. The van der Waals surface area contributed by atoms with Gasteiger partial charge < -0.3 is 10.5 Å². The van der Waals surface area contributed by atoms with Crippen LogP contribution in [0.4, 0.5) is 10.2 Å². The summed E-state index contributed by atoms with van der Waals surface area (Å²) in [5, 5.41) is 8.65. The van der Waals surface area contributed by atoms with Crippen molar-refractivity contribution in [3.05, 3.63) is 35.6 Å². The molecule has 1 heterocycles. The Labute approximate surface area is 103 Å². The van der Waals surface area contributed by atoms with Crippen LogP contribution in [0.2, 0.25) is 0 Å². The molecular weight excluding hydrogens is 235 g/mol. The number of hydrogen-bond acceptors (Lipinski definition) is 5. The largest absolute Gasteiger partial charge is 0.467 e. The van der Waals surface area contributed by atoms with Crippen molar-refractivity contribution < 1.29 is 9.13 Å². The molecule has 5 nitrogen and oxygen atoms in total. The minimum atomic E-state index is -0.605. The molecule has 0 unspecified atom stereocenters. The van der Waals surface area contributed by atoms with E-state index in [1.165, 1.54) is 25.3 Å². The summed E-state index contributed by atoms with van der Waals surface area (Å²) in [6.45, 7) is 0. The lowest BCUT2D eigenvalue weighted by Gasteiger charge is -2.05. The zero-order chi connectivity index (χ0) is 13.1. The molecule has 90 valence electrons. The van der Waals surface area contributed by atoms with Gasteiger partial charge in [0.15, 0.2) is 0 Å². The molecule has 0 amide bonds. The lowest BCUT2D eigenvalue weighted by atomic mass is 10.1. The monoisotopic (exact) mass is 244 g/mol. The molecule has 2 rings (SSSR count). The molecule has 0 spiro atoms.